The molecule has 6 heteroatoms. The Balaban J connectivity index is 1.69. The monoisotopic (exact) mass is 343 g/mol. The standard InChI is InChI=1S/C19H22FN3O2/c1-13-11-17(14(2)21-13)19(25)23-8-4-7-22(9-10-23)18(24)15-5-3-6-16(20)12-15/h3,5-6,11-12,21H,4,7-10H2,1-2H3. The van der Waals surface area contributed by atoms with Gasteiger partial charge in [0.1, 0.15) is 5.82 Å². The Hall–Kier alpha value is -2.63. The van der Waals surface area contributed by atoms with Crippen molar-refractivity contribution in [2.45, 2.75) is 20.3 Å². The van der Waals surface area contributed by atoms with Gasteiger partial charge >= 0.3 is 0 Å². The van der Waals surface area contributed by atoms with Crippen LogP contribution in [0.25, 0.3) is 0 Å². The van der Waals surface area contributed by atoms with Crippen molar-refractivity contribution in [3.63, 3.8) is 0 Å². The maximum Gasteiger partial charge on any atom is 0.255 e. The number of rotatable bonds is 2. The molecule has 2 aromatic rings. The summed E-state index contributed by atoms with van der Waals surface area (Å²) in [5.74, 6) is -0.625. The molecule has 0 unspecified atom stereocenters. The molecule has 2 amide bonds. The number of aromatic nitrogens is 1. The van der Waals surface area contributed by atoms with Gasteiger partial charge in [-0.15, -0.1) is 0 Å². The lowest BCUT2D eigenvalue weighted by atomic mass is 10.2. The van der Waals surface area contributed by atoms with Crippen molar-refractivity contribution in [2.75, 3.05) is 26.2 Å². The van der Waals surface area contributed by atoms with E-state index in [-0.39, 0.29) is 11.8 Å². The summed E-state index contributed by atoms with van der Waals surface area (Å²) in [4.78, 5) is 31.9. The number of H-pyrrole nitrogens is 1. The maximum absolute atomic E-state index is 13.3. The van der Waals surface area contributed by atoms with Gasteiger partial charge in [0.05, 0.1) is 5.56 Å². The van der Waals surface area contributed by atoms with Crippen LogP contribution in [0.2, 0.25) is 0 Å². The van der Waals surface area contributed by atoms with Crippen molar-refractivity contribution < 1.29 is 14.0 Å². The fourth-order valence-corrected chi connectivity index (χ4v) is 3.24. The minimum absolute atomic E-state index is 0.0121. The van der Waals surface area contributed by atoms with Crippen molar-refractivity contribution in [3.05, 3.63) is 58.7 Å². The van der Waals surface area contributed by atoms with E-state index in [1.54, 1.807) is 15.9 Å². The lowest BCUT2D eigenvalue weighted by Crippen LogP contribution is -2.37. The van der Waals surface area contributed by atoms with Crippen LogP contribution in [-0.4, -0.2) is 52.8 Å². The predicted octanol–water partition coefficient (Wildman–Crippen LogP) is 2.76. The van der Waals surface area contributed by atoms with E-state index in [1.807, 2.05) is 19.9 Å². The van der Waals surface area contributed by atoms with E-state index in [2.05, 4.69) is 4.98 Å². The van der Waals surface area contributed by atoms with E-state index in [0.29, 0.717) is 43.7 Å². The highest BCUT2D eigenvalue weighted by Crippen LogP contribution is 2.16. The van der Waals surface area contributed by atoms with Gasteiger partial charge in [0.25, 0.3) is 11.8 Å². The number of hydrogen-bond acceptors (Lipinski definition) is 2. The zero-order valence-corrected chi connectivity index (χ0v) is 14.5. The summed E-state index contributed by atoms with van der Waals surface area (Å²) >= 11 is 0. The number of benzene rings is 1. The summed E-state index contributed by atoms with van der Waals surface area (Å²) in [5, 5.41) is 0. The van der Waals surface area contributed by atoms with Gasteiger partial charge in [-0.3, -0.25) is 9.59 Å². The second-order valence-electron chi connectivity index (χ2n) is 6.44. The maximum atomic E-state index is 13.3. The van der Waals surface area contributed by atoms with Crippen LogP contribution < -0.4 is 0 Å². The van der Waals surface area contributed by atoms with Gasteiger partial charge in [0, 0.05) is 43.1 Å². The molecule has 1 aliphatic heterocycles. The van der Waals surface area contributed by atoms with Crippen LogP contribution in [0.5, 0.6) is 0 Å². The van der Waals surface area contributed by atoms with Crippen LogP contribution in [0.1, 0.15) is 38.5 Å². The summed E-state index contributed by atoms with van der Waals surface area (Å²) in [6.07, 6.45) is 0.704. The average Bonchev–Trinajstić information content (AvgIpc) is 2.79. The topological polar surface area (TPSA) is 56.4 Å². The third-order valence-corrected chi connectivity index (χ3v) is 4.52. The van der Waals surface area contributed by atoms with Gasteiger partial charge in [-0.2, -0.15) is 0 Å². The molecule has 1 N–H and O–H groups in total. The predicted molar refractivity (Wildman–Crippen MR) is 93.1 cm³/mol. The Morgan fingerprint density at radius 1 is 1.00 bits per heavy atom. The minimum atomic E-state index is -0.421. The molecule has 1 aliphatic rings. The second-order valence-corrected chi connectivity index (χ2v) is 6.44. The number of aryl methyl sites for hydroxylation is 2. The molecule has 132 valence electrons. The Morgan fingerprint density at radius 2 is 1.68 bits per heavy atom. The van der Waals surface area contributed by atoms with E-state index < -0.39 is 5.82 Å². The Bertz CT molecular complexity index is 800. The quantitative estimate of drug-likeness (QED) is 0.912. The Morgan fingerprint density at radius 3 is 2.28 bits per heavy atom. The summed E-state index contributed by atoms with van der Waals surface area (Å²) in [6.45, 7) is 5.90. The number of nitrogens with zero attached hydrogens (tertiary/aromatic N) is 2. The molecule has 5 nitrogen and oxygen atoms in total. The molecule has 1 fully saturated rings. The molecule has 0 bridgehead atoms. The van der Waals surface area contributed by atoms with Crippen molar-refractivity contribution >= 4 is 11.8 Å². The number of halogens is 1. The third kappa shape index (κ3) is 3.73. The Labute approximate surface area is 146 Å². The van der Waals surface area contributed by atoms with Crippen LogP contribution >= 0.6 is 0 Å². The van der Waals surface area contributed by atoms with Gasteiger partial charge in [-0.1, -0.05) is 6.07 Å². The zero-order chi connectivity index (χ0) is 18.0. The molecule has 0 atom stereocenters. The number of carbonyl (C=O) groups excluding carboxylic acids is 2. The molecule has 1 aromatic heterocycles. The molecule has 0 radical (unpaired) electrons. The normalized spacial score (nSPS) is 15.2. The first-order valence-corrected chi connectivity index (χ1v) is 8.46. The largest absolute Gasteiger partial charge is 0.362 e. The fraction of sp³-hybridized carbons (Fsp3) is 0.368. The van der Waals surface area contributed by atoms with Gasteiger partial charge in [0.15, 0.2) is 0 Å². The number of hydrogen-bond donors (Lipinski definition) is 1. The van der Waals surface area contributed by atoms with Crippen LogP contribution in [0.3, 0.4) is 0 Å². The van der Waals surface area contributed by atoms with Crippen LogP contribution in [-0.2, 0) is 0 Å². The van der Waals surface area contributed by atoms with Crippen LogP contribution in [0.4, 0.5) is 4.39 Å². The number of aromatic amines is 1. The van der Waals surface area contributed by atoms with E-state index in [0.717, 1.165) is 11.4 Å². The van der Waals surface area contributed by atoms with Crippen molar-refractivity contribution in [1.29, 1.82) is 0 Å². The molecule has 2 heterocycles. The zero-order valence-electron chi connectivity index (χ0n) is 14.5. The first-order valence-electron chi connectivity index (χ1n) is 8.46. The molecule has 25 heavy (non-hydrogen) atoms. The third-order valence-electron chi connectivity index (χ3n) is 4.52. The summed E-state index contributed by atoms with van der Waals surface area (Å²) in [6, 6.07) is 7.58. The van der Waals surface area contributed by atoms with Gasteiger partial charge in [0.2, 0.25) is 0 Å². The fourth-order valence-electron chi connectivity index (χ4n) is 3.24. The van der Waals surface area contributed by atoms with E-state index >= 15 is 0 Å². The smallest absolute Gasteiger partial charge is 0.255 e. The highest BCUT2D eigenvalue weighted by molar-refractivity contribution is 5.96. The number of nitrogens with one attached hydrogen (secondary N) is 1. The van der Waals surface area contributed by atoms with Gasteiger partial charge in [-0.05, 0) is 44.5 Å². The first kappa shape index (κ1) is 17.2. The molecular formula is C19H22FN3O2. The average molecular weight is 343 g/mol. The van der Waals surface area contributed by atoms with Crippen LogP contribution in [0, 0.1) is 19.7 Å². The minimum Gasteiger partial charge on any atom is -0.362 e. The highest BCUT2D eigenvalue weighted by atomic mass is 19.1. The molecule has 1 aromatic carbocycles. The van der Waals surface area contributed by atoms with E-state index in [4.69, 9.17) is 0 Å². The summed E-state index contributed by atoms with van der Waals surface area (Å²) < 4.78 is 13.3. The molecular weight excluding hydrogens is 321 g/mol. The molecule has 3 rings (SSSR count). The number of carbonyl (C=O) groups is 2. The second kappa shape index (κ2) is 7.09. The van der Waals surface area contributed by atoms with Crippen molar-refractivity contribution in [3.8, 4) is 0 Å². The molecule has 0 saturated carbocycles. The van der Waals surface area contributed by atoms with Crippen molar-refractivity contribution in [2.24, 2.45) is 0 Å². The Kier molecular flexibility index (Phi) is 4.88. The molecule has 0 aliphatic carbocycles. The summed E-state index contributed by atoms with van der Waals surface area (Å²) in [5.41, 5.74) is 2.84. The lowest BCUT2D eigenvalue weighted by molar-refractivity contribution is 0.0718. The van der Waals surface area contributed by atoms with E-state index in [1.165, 1.54) is 18.2 Å². The molecule has 1 saturated heterocycles. The van der Waals surface area contributed by atoms with Crippen molar-refractivity contribution in [1.82, 2.24) is 14.8 Å². The summed E-state index contributed by atoms with van der Waals surface area (Å²) in [7, 11) is 0. The number of amides is 2. The highest BCUT2D eigenvalue weighted by Gasteiger charge is 2.25. The van der Waals surface area contributed by atoms with Gasteiger partial charge in [-0.25, -0.2) is 4.39 Å². The van der Waals surface area contributed by atoms with Crippen LogP contribution in [0.15, 0.2) is 30.3 Å². The van der Waals surface area contributed by atoms with Gasteiger partial charge < -0.3 is 14.8 Å². The lowest BCUT2D eigenvalue weighted by Gasteiger charge is -2.22. The molecule has 0 spiro atoms. The first-order chi connectivity index (χ1) is 12.0. The SMILES string of the molecule is Cc1cc(C(=O)N2CCCN(C(=O)c3cccc(F)c3)CC2)c(C)[nH]1. The van der Waals surface area contributed by atoms with E-state index in [9.17, 15) is 14.0 Å².